The summed E-state index contributed by atoms with van der Waals surface area (Å²) in [5.74, 6) is 0.589. The third kappa shape index (κ3) is 3.97. The zero-order chi connectivity index (χ0) is 15.2. The number of aryl methyl sites for hydroxylation is 1. The fourth-order valence-corrected chi connectivity index (χ4v) is 2.21. The molecule has 1 unspecified atom stereocenters. The lowest BCUT2D eigenvalue weighted by molar-refractivity contribution is 0.174. The van der Waals surface area contributed by atoms with Gasteiger partial charge in [-0.2, -0.15) is 0 Å². The molecule has 0 aliphatic rings. The van der Waals surface area contributed by atoms with E-state index in [0.717, 1.165) is 16.7 Å². The molecule has 4 heteroatoms. The number of hydrogen-bond acceptors (Lipinski definition) is 4. The number of methoxy groups -OCH3 is 1. The molecule has 0 saturated heterocycles. The Bertz CT molecular complexity index is 598. The molecule has 0 saturated carbocycles. The highest BCUT2D eigenvalue weighted by Crippen LogP contribution is 2.29. The number of aliphatic hydroxyl groups is 1. The maximum absolute atomic E-state index is 10.1. The normalized spacial score (nSPS) is 12.1. The largest absolute Gasteiger partial charge is 0.504 e. The molecule has 0 heterocycles. The Hall–Kier alpha value is -2.04. The van der Waals surface area contributed by atoms with Gasteiger partial charge in [0.2, 0.25) is 0 Å². The summed E-state index contributed by atoms with van der Waals surface area (Å²) in [6.45, 7) is 2.88. The van der Waals surface area contributed by atoms with E-state index in [0.29, 0.717) is 18.8 Å². The Morgan fingerprint density at radius 2 is 1.95 bits per heavy atom. The molecular formula is C17H21NO3. The predicted molar refractivity (Wildman–Crippen MR) is 82.5 cm³/mol. The number of benzene rings is 2. The molecule has 2 aromatic carbocycles. The monoisotopic (exact) mass is 287 g/mol. The number of aromatic hydroxyl groups is 1. The third-order valence-electron chi connectivity index (χ3n) is 3.38. The van der Waals surface area contributed by atoms with E-state index in [2.05, 4.69) is 5.32 Å². The second kappa shape index (κ2) is 7.11. The van der Waals surface area contributed by atoms with E-state index in [9.17, 15) is 10.2 Å². The van der Waals surface area contributed by atoms with Crippen molar-refractivity contribution >= 4 is 0 Å². The average Bonchev–Trinajstić information content (AvgIpc) is 2.49. The van der Waals surface area contributed by atoms with Crippen molar-refractivity contribution in [2.24, 2.45) is 0 Å². The predicted octanol–water partition coefficient (Wildman–Crippen LogP) is 2.53. The molecule has 0 aromatic heterocycles. The molecule has 2 rings (SSSR count). The van der Waals surface area contributed by atoms with Crippen LogP contribution in [0.2, 0.25) is 0 Å². The van der Waals surface area contributed by atoms with Crippen LogP contribution in [0.1, 0.15) is 22.8 Å². The van der Waals surface area contributed by atoms with Gasteiger partial charge in [0.25, 0.3) is 0 Å². The smallest absolute Gasteiger partial charge is 0.162 e. The van der Waals surface area contributed by atoms with Crippen LogP contribution < -0.4 is 10.1 Å². The molecule has 0 aliphatic heterocycles. The van der Waals surface area contributed by atoms with Crippen molar-refractivity contribution in [3.05, 3.63) is 59.2 Å². The van der Waals surface area contributed by atoms with E-state index < -0.39 is 6.10 Å². The van der Waals surface area contributed by atoms with Gasteiger partial charge in [0, 0.05) is 18.7 Å². The van der Waals surface area contributed by atoms with E-state index in [4.69, 9.17) is 4.74 Å². The van der Waals surface area contributed by atoms with Gasteiger partial charge in [0.05, 0.1) is 13.2 Å². The molecule has 4 nitrogen and oxygen atoms in total. The number of phenols is 1. The van der Waals surface area contributed by atoms with Gasteiger partial charge in [-0.25, -0.2) is 0 Å². The summed E-state index contributed by atoms with van der Waals surface area (Å²) in [6, 6.07) is 13.2. The van der Waals surface area contributed by atoms with E-state index >= 15 is 0 Å². The first-order chi connectivity index (χ1) is 10.1. The quantitative estimate of drug-likeness (QED) is 0.764. The van der Waals surface area contributed by atoms with Crippen molar-refractivity contribution in [3.63, 3.8) is 0 Å². The summed E-state index contributed by atoms with van der Waals surface area (Å²) in [5, 5.41) is 23.3. The van der Waals surface area contributed by atoms with Gasteiger partial charge in [0.1, 0.15) is 0 Å². The maximum Gasteiger partial charge on any atom is 0.162 e. The van der Waals surface area contributed by atoms with Crippen LogP contribution >= 0.6 is 0 Å². The minimum absolute atomic E-state index is 0.137. The third-order valence-corrected chi connectivity index (χ3v) is 3.38. The second-order valence-electron chi connectivity index (χ2n) is 5.03. The minimum atomic E-state index is -0.572. The zero-order valence-corrected chi connectivity index (χ0v) is 12.3. The molecule has 0 aliphatic carbocycles. The molecule has 0 spiro atoms. The topological polar surface area (TPSA) is 61.7 Å². The molecule has 0 fully saturated rings. The zero-order valence-electron chi connectivity index (χ0n) is 12.3. The number of aliphatic hydroxyl groups excluding tert-OH is 1. The Labute approximate surface area is 125 Å². The number of phenolic OH excluding ortho intramolecular Hbond substituents is 1. The average molecular weight is 287 g/mol. The van der Waals surface area contributed by atoms with Gasteiger partial charge in [-0.3, -0.25) is 0 Å². The van der Waals surface area contributed by atoms with Crippen LogP contribution in [0, 0.1) is 6.92 Å². The van der Waals surface area contributed by atoms with E-state index in [1.807, 2.05) is 43.3 Å². The summed E-state index contributed by atoms with van der Waals surface area (Å²) in [4.78, 5) is 0. The van der Waals surface area contributed by atoms with Crippen LogP contribution in [0.4, 0.5) is 0 Å². The lowest BCUT2D eigenvalue weighted by Crippen LogP contribution is -2.21. The second-order valence-corrected chi connectivity index (χ2v) is 5.03. The van der Waals surface area contributed by atoms with Gasteiger partial charge in [0.15, 0.2) is 11.5 Å². The van der Waals surface area contributed by atoms with E-state index in [-0.39, 0.29) is 5.75 Å². The highest BCUT2D eigenvalue weighted by molar-refractivity contribution is 5.45. The minimum Gasteiger partial charge on any atom is -0.504 e. The van der Waals surface area contributed by atoms with Crippen molar-refractivity contribution < 1.29 is 14.9 Å². The fraction of sp³-hybridized carbons (Fsp3) is 0.294. The van der Waals surface area contributed by atoms with Crippen LogP contribution in [0.3, 0.4) is 0 Å². The van der Waals surface area contributed by atoms with Gasteiger partial charge in [-0.05, 0) is 18.6 Å². The summed E-state index contributed by atoms with van der Waals surface area (Å²) in [7, 11) is 1.52. The van der Waals surface area contributed by atoms with Crippen LogP contribution in [0.15, 0.2) is 42.5 Å². The molecule has 112 valence electrons. The number of nitrogens with one attached hydrogen (secondary N) is 1. The van der Waals surface area contributed by atoms with Crippen LogP contribution in [0.5, 0.6) is 11.5 Å². The lowest BCUT2D eigenvalue weighted by Gasteiger charge is -2.14. The van der Waals surface area contributed by atoms with Crippen LogP contribution in [-0.4, -0.2) is 23.9 Å². The van der Waals surface area contributed by atoms with Gasteiger partial charge in [-0.1, -0.05) is 42.0 Å². The SMILES string of the molecule is COc1cccc(CNCC(O)c2cccc(C)c2)c1O. The fourth-order valence-electron chi connectivity index (χ4n) is 2.21. The van der Waals surface area contributed by atoms with Crippen LogP contribution in [-0.2, 0) is 6.54 Å². The summed E-state index contributed by atoms with van der Waals surface area (Å²) in [6.07, 6.45) is -0.572. The Balaban J connectivity index is 1.92. The molecule has 2 aromatic rings. The first kappa shape index (κ1) is 15.4. The first-order valence-electron chi connectivity index (χ1n) is 6.92. The van der Waals surface area contributed by atoms with Crippen molar-refractivity contribution in [2.45, 2.75) is 19.6 Å². The molecule has 1 atom stereocenters. The number of para-hydroxylation sites is 1. The molecule has 0 amide bonds. The molecule has 21 heavy (non-hydrogen) atoms. The summed E-state index contributed by atoms with van der Waals surface area (Å²) in [5.41, 5.74) is 2.75. The van der Waals surface area contributed by atoms with E-state index in [1.165, 1.54) is 7.11 Å². The molecular weight excluding hydrogens is 266 g/mol. The highest BCUT2D eigenvalue weighted by Gasteiger charge is 2.09. The number of hydrogen-bond donors (Lipinski definition) is 3. The Morgan fingerprint density at radius 3 is 2.67 bits per heavy atom. The van der Waals surface area contributed by atoms with Gasteiger partial charge in [-0.15, -0.1) is 0 Å². The van der Waals surface area contributed by atoms with E-state index in [1.54, 1.807) is 6.07 Å². The van der Waals surface area contributed by atoms with Crippen molar-refractivity contribution in [1.29, 1.82) is 0 Å². The summed E-state index contributed by atoms with van der Waals surface area (Å²) < 4.78 is 5.07. The van der Waals surface area contributed by atoms with Crippen molar-refractivity contribution in [2.75, 3.05) is 13.7 Å². The Morgan fingerprint density at radius 1 is 1.19 bits per heavy atom. The molecule has 0 bridgehead atoms. The molecule has 3 N–H and O–H groups in total. The van der Waals surface area contributed by atoms with Gasteiger partial charge < -0.3 is 20.3 Å². The van der Waals surface area contributed by atoms with Crippen LogP contribution in [0.25, 0.3) is 0 Å². The standard InChI is InChI=1S/C17H21NO3/c1-12-5-3-6-13(9-12)15(19)11-18-10-14-7-4-8-16(21-2)17(14)20/h3-9,15,18-20H,10-11H2,1-2H3. The maximum atomic E-state index is 10.1. The number of ether oxygens (including phenoxy) is 1. The highest BCUT2D eigenvalue weighted by atomic mass is 16.5. The lowest BCUT2D eigenvalue weighted by atomic mass is 10.1. The van der Waals surface area contributed by atoms with Gasteiger partial charge >= 0.3 is 0 Å². The summed E-state index contributed by atoms with van der Waals surface area (Å²) >= 11 is 0. The molecule has 0 radical (unpaired) electrons. The number of rotatable bonds is 6. The van der Waals surface area contributed by atoms with Crippen molar-refractivity contribution in [1.82, 2.24) is 5.32 Å². The Kier molecular flexibility index (Phi) is 5.20. The first-order valence-corrected chi connectivity index (χ1v) is 6.92. The van der Waals surface area contributed by atoms with Crippen molar-refractivity contribution in [3.8, 4) is 11.5 Å².